The molecule has 6 heteroatoms. The van der Waals surface area contributed by atoms with Crippen LogP contribution in [0.2, 0.25) is 10.0 Å². The molecule has 4 nitrogen and oxygen atoms in total. The number of halogens is 2. The summed E-state index contributed by atoms with van der Waals surface area (Å²) in [4.78, 5) is 14.0. The van der Waals surface area contributed by atoms with Crippen LogP contribution in [-0.2, 0) is 16.0 Å². The molecule has 1 aliphatic heterocycles. The van der Waals surface area contributed by atoms with E-state index < -0.39 is 0 Å². The van der Waals surface area contributed by atoms with E-state index in [4.69, 9.17) is 27.9 Å². The lowest BCUT2D eigenvalue weighted by atomic mass is 10.1. The number of methoxy groups -OCH3 is 1. The van der Waals surface area contributed by atoms with Gasteiger partial charge in [0.1, 0.15) is 0 Å². The van der Waals surface area contributed by atoms with Gasteiger partial charge in [-0.15, -0.1) is 0 Å². The zero-order valence-corrected chi connectivity index (χ0v) is 12.7. The fraction of sp³-hybridized carbons (Fsp3) is 0.500. The molecule has 0 aliphatic carbocycles. The molecule has 110 valence electrons. The smallest absolute Gasteiger partial charge is 0.227 e. The van der Waals surface area contributed by atoms with Gasteiger partial charge in [0, 0.05) is 23.7 Å². The molecular formula is C14H17Cl2NO3. The molecule has 0 radical (unpaired) electrons. The Bertz CT molecular complexity index is 495. The van der Waals surface area contributed by atoms with Crippen LogP contribution in [0.4, 0.5) is 0 Å². The summed E-state index contributed by atoms with van der Waals surface area (Å²) in [5.74, 6) is -0.0622. The summed E-state index contributed by atoms with van der Waals surface area (Å²) in [7, 11) is 1.61. The molecule has 1 amide bonds. The Morgan fingerprint density at radius 3 is 2.85 bits per heavy atom. The molecule has 0 bridgehead atoms. The van der Waals surface area contributed by atoms with Gasteiger partial charge in [-0.05, 0) is 24.1 Å². The number of ether oxygens (including phenoxy) is 1. The normalized spacial score (nSPS) is 22.3. The van der Waals surface area contributed by atoms with Crippen LogP contribution in [0.5, 0.6) is 0 Å². The highest BCUT2D eigenvalue weighted by molar-refractivity contribution is 6.35. The number of amides is 1. The molecule has 1 aromatic rings. The number of hydrogen-bond donors (Lipinski definition) is 1. The van der Waals surface area contributed by atoms with Crippen molar-refractivity contribution in [2.24, 2.45) is 0 Å². The molecule has 0 unspecified atom stereocenters. The topological polar surface area (TPSA) is 49.8 Å². The van der Waals surface area contributed by atoms with Crippen LogP contribution in [0.15, 0.2) is 18.2 Å². The van der Waals surface area contributed by atoms with Crippen LogP contribution in [0.3, 0.4) is 0 Å². The van der Waals surface area contributed by atoms with Gasteiger partial charge in [0.05, 0.1) is 25.2 Å². The van der Waals surface area contributed by atoms with E-state index in [9.17, 15) is 9.90 Å². The zero-order valence-electron chi connectivity index (χ0n) is 11.2. The van der Waals surface area contributed by atoms with Crippen LogP contribution in [-0.4, -0.2) is 48.3 Å². The fourth-order valence-corrected chi connectivity index (χ4v) is 2.93. The Hall–Kier alpha value is -0.810. The van der Waals surface area contributed by atoms with Crippen LogP contribution < -0.4 is 0 Å². The summed E-state index contributed by atoms with van der Waals surface area (Å²) in [5, 5.41) is 10.4. The molecule has 1 N–H and O–H groups in total. The monoisotopic (exact) mass is 317 g/mol. The van der Waals surface area contributed by atoms with Gasteiger partial charge in [-0.25, -0.2) is 0 Å². The molecule has 0 spiro atoms. The van der Waals surface area contributed by atoms with Gasteiger partial charge in [0.15, 0.2) is 0 Å². The SMILES string of the molecule is CO[C@H]1C[C@@H](CO)N(C(=O)Cc2ccc(Cl)cc2Cl)C1. The van der Waals surface area contributed by atoms with Crippen molar-refractivity contribution in [3.63, 3.8) is 0 Å². The number of benzene rings is 1. The van der Waals surface area contributed by atoms with Crippen molar-refractivity contribution in [3.8, 4) is 0 Å². The average molecular weight is 318 g/mol. The molecule has 1 heterocycles. The van der Waals surface area contributed by atoms with Crippen molar-refractivity contribution < 1.29 is 14.6 Å². The Kier molecular flexibility index (Phi) is 5.27. The van der Waals surface area contributed by atoms with E-state index in [2.05, 4.69) is 0 Å². The van der Waals surface area contributed by atoms with Gasteiger partial charge in [-0.1, -0.05) is 29.3 Å². The standard InChI is InChI=1S/C14H17Cl2NO3/c1-20-12-6-11(8-18)17(7-12)14(19)4-9-2-3-10(15)5-13(9)16/h2-3,5,11-12,18H,4,6-8H2,1H3/t11-,12-/m0/s1. The largest absolute Gasteiger partial charge is 0.394 e. The summed E-state index contributed by atoms with van der Waals surface area (Å²) in [6.45, 7) is 0.450. The van der Waals surface area contributed by atoms with Gasteiger partial charge >= 0.3 is 0 Å². The predicted octanol–water partition coefficient (Wildman–Crippen LogP) is 2.14. The first-order valence-electron chi connectivity index (χ1n) is 6.42. The molecule has 1 aromatic carbocycles. The summed E-state index contributed by atoms with van der Waals surface area (Å²) >= 11 is 11.9. The predicted molar refractivity (Wildman–Crippen MR) is 78.2 cm³/mol. The van der Waals surface area contributed by atoms with Crippen molar-refractivity contribution >= 4 is 29.1 Å². The maximum Gasteiger partial charge on any atom is 0.227 e. The van der Waals surface area contributed by atoms with E-state index in [1.165, 1.54) is 0 Å². The highest BCUT2D eigenvalue weighted by atomic mass is 35.5. The van der Waals surface area contributed by atoms with Crippen LogP contribution in [0, 0.1) is 0 Å². The van der Waals surface area contributed by atoms with Crippen LogP contribution in [0.1, 0.15) is 12.0 Å². The molecule has 0 saturated carbocycles. The lowest BCUT2D eigenvalue weighted by molar-refractivity contribution is -0.132. The zero-order chi connectivity index (χ0) is 14.7. The van der Waals surface area contributed by atoms with E-state index in [0.717, 1.165) is 5.56 Å². The van der Waals surface area contributed by atoms with Gasteiger partial charge < -0.3 is 14.7 Å². The van der Waals surface area contributed by atoms with Crippen molar-refractivity contribution in [3.05, 3.63) is 33.8 Å². The third-order valence-electron chi connectivity index (χ3n) is 3.60. The average Bonchev–Trinajstić information content (AvgIpc) is 2.85. The highest BCUT2D eigenvalue weighted by Crippen LogP contribution is 2.24. The molecule has 20 heavy (non-hydrogen) atoms. The third kappa shape index (κ3) is 3.44. The van der Waals surface area contributed by atoms with E-state index >= 15 is 0 Å². The van der Waals surface area contributed by atoms with Gasteiger partial charge in [0.2, 0.25) is 5.91 Å². The molecule has 1 fully saturated rings. The summed E-state index contributed by atoms with van der Waals surface area (Å²) in [5.41, 5.74) is 0.735. The van der Waals surface area contributed by atoms with E-state index in [1.807, 2.05) is 0 Å². The second kappa shape index (κ2) is 6.76. The van der Waals surface area contributed by atoms with E-state index in [-0.39, 0.29) is 31.1 Å². The second-order valence-electron chi connectivity index (χ2n) is 4.89. The molecule has 2 rings (SSSR count). The molecule has 1 saturated heterocycles. The maximum atomic E-state index is 12.4. The summed E-state index contributed by atoms with van der Waals surface area (Å²) in [6, 6.07) is 4.90. The maximum absolute atomic E-state index is 12.4. The minimum atomic E-state index is -0.182. The highest BCUT2D eigenvalue weighted by Gasteiger charge is 2.34. The quantitative estimate of drug-likeness (QED) is 0.925. The molecule has 1 aliphatic rings. The number of nitrogens with zero attached hydrogens (tertiary/aromatic N) is 1. The third-order valence-corrected chi connectivity index (χ3v) is 4.18. The number of carbonyl (C=O) groups excluding carboxylic acids is 1. The van der Waals surface area contributed by atoms with Crippen molar-refractivity contribution in [2.75, 3.05) is 20.3 Å². The lowest BCUT2D eigenvalue weighted by Crippen LogP contribution is -2.39. The first-order valence-corrected chi connectivity index (χ1v) is 7.17. The minimum absolute atomic E-state index is 0.0169. The van der Waals surface area contributed by atoms with Gasteiger partial charge in [0.25, 0.3) is 0 Å². The summed E-state index contributed by atoms with van der Waals surface area (Å²) < 4.78 is 5.26. The number of aliphatic hydroxyl groups is 1. The van der Waals surface area contributed by atoms with Crippen molar-refractivity contribution in [2.45, 2.75) is 25.0 Å². The number of aliphatic hydroxyl groups excluding tert-OH is 1. The van der Waals surface area contributed by atoms with Crippen molar-refractivity contribution in [1.82, 2.24) is 4.90 Å². The molecule has 0 aromatic heterocycles. The van der Waals surface area contributed by atoms with Crippen LogP contribution >= 0.6 is 23.2 Å². The summed E-state index contributed by atoms with van der Waals surface area (Å²) in [6.07, 6.45) is 0.840. The first kappa shape index (κ1) is 15.6. The van der Waals surface area contributed by atoms with Crippen molar-refractivity contribution in [1.29, 1.82) is 0 Å². The Balaban J connectivity index is 2.07. The molecular weight excluding hydrogens is 301 g/mol. The Labute approximate surface area is 128 Å². The minimum Gasteiger partial charge on any atom is -0.394 e. The van der Waals surface area contributed by atoms with E-state index in [0.29, 0.717) is 23.0 Å². The lowest BCUT2D eigenvalue weighted by Gasteiger charge is -2.23. The first-order chi connectivity index (χ1) is 9.55. The number of rotatable bonds is 4. The number of hydrogen-bond acceptors (Lipinski definition) is 3. The molecule has 2 atom stereocenters. The Morgan fingerprint density at radius 2 is 2.25 bits per heavy atom. The van der Waals surface area contributed by atoms with E-state index in [1.54, 1.807) is 30.2 Å². The second-order valence-corrected chi connectivity index (χ2v) is 5.73. The van der Waals surface area contributed by atoms with Gasteiger partial charge in [-0.3, -0.25) is 4.79 Å². The van der Waals surface area contributed by atoms with Gasteiger partial charge in [-0.2, -0.15) is 0 Å². The number of likely N-dealkylation sites (tertiary alicyclic amines) is 1. The number of carbonyl (C=O) groups is 1. The Morgan fingerprint density at radius 1 is 1.50 bits per heavy atom. The fourth-order valence-electron chi connectivity index (χ4n) is 2.45. The van der Waals surface area contributed by atoms with Crippen LogP contribution in [0.25, 0.3) is 0 Å².